The first-order valence-electron chi connectivity index (χ1n) is 4.35. The number of anilines is 1. The molecule has 1 aromatic carbocycles. The van der Waals surface area contributed by atoms with E-state index in [9.17, 15) is 4.79 Å². The minimum atomic E-state index is -0.111. The summed E-state index contributed by atoms with van der Waals surface area (Å²) in [5.41, 5.74) is 1.02. The van der Waals surface area contributed by atoms with Crippen LogP contribution >= 0.6 is 0 Å². The molecular weight excluding hydrogens is 176 g/mol. The van der Waals surface area contributed by atoms with Crippen molar-refractivity contribution in [3.63, 3.8) is 0 Å². The molecule has 0 atom stereocenters. The lowest BCUT2D eigenvalue weighted by atomic mass is 10.3. The summed E-state index contributed by atoms with van der Waals surface area (Å²) in [4.78, 5) is 12.9. The molecule has 0 spiro atoms. The second kappa shape index (κ2) is 3.79. The SMILES string of the molecule is O=C1C=CN(c2ccccc2)C=CN1. The molecular formula is C11H10N2O. The van der Waals surface area contributed by atoms with Crippen LogP contribution in [0, 0.1) is 0 Å². The number of nitrogens with one attached hydrogen (secondary N) is 1. The zero-order chi connectivity index (χ0) is 9.80. The van der Waals surface area contributed by atoms with Gasteiger partial charge in [-0.05, 0) is 12.1 Å². The van der Waals surface area contributed by atoms with E-state index in [1.165, 1.54) is 6.08 Å². The number of carbonyl (C=O) groups excluding carboxylic acids is 1. The normalized spacial score (nSPS) is 15.1. The summed E-state index contributed by atoms with van der Waals surface area (Å²) in [6.07, 6.45) is 6.65. The molecule has 0 aliphatic carbocycles. The zero-order valence-corrected chi connectivity index (χ0v) is 7.55. The standard InChI is InChI=1S/C11H10N2O/c14-11-6-8-13(9-7-12-11)10-4-2-1-3-5-10/h1-9H,(H,12,14). The van der Waals surface area contributed by atoms with Crippen molar-refractivity contribution in [2.45, 2.75) is 0 Å². The Morgan fingerprint density at radius 2 is 1.86 bits per heavy atom. The van der Waals surface area contributed by atoms with Gasteiger partial charge in [-0.25, -0.2) is 0 Å². The maximum atomic E-state index is 11.0. The maximum absolute atomic E-state index is 11.0. The largest absolute Gasteiger partial charge is 0.328 e. The Balaban J connectivity index is 2.27. The topological polar surface area (TPSA) is 32.3 Å². The van der Waals surface area contributed by atoms with E-state index in [1.807, 2.05) is 35.2 Å². The van der Waals surface area contributed by atoms with Gasteiger partial charge < -0.3 is 10.2 Å². The lowest BCUT2D eigenvalue weighted by Gasteiger charge is -2.13. The highest BCUT2D eigenvalue weighted by atomic mass is 16.1. The first-order valence-corrected chi connectivity index (χ1v) is 4.35. The quantitative estimate of drug-likeness (QED) is 0.722. The number of hydrogen-bond acceptors (Lipinski definition) is 2. The number of benzene rings is 1. The summed E-state index contributed by atoms with van der Waals surface area (Å²) >= 11 is 0. The van der Waals surface area contributed by atoms with Crippen LogP contribution in [0.25, 0.3) is 0 Å². The molecule has 0 aromatic heterocycles. The molecule has 70 valence electrons. The molecule has 14 heavy (non-hydrogen) atoms. The Hall–Kier alpha value is -2.03. The Kier molecular flexibility index (Phi) is 2.32. The summed E-state index contributed by atoms with van der Waals surface area (Å²) < 4.78 is 0. The molecule has 0 unspecified atom stereocenters. The molecule has 3 nitrogen and oxygen atoms in total. The number of para-hydroxylation sites is 1. The number of nitrogens with zero attached hydrogens (tertiary/aromatic N) is 1. The molecule has 1 amide bonds. The minimum absolute atomic E-state index is 0.111. The van der Waals surface area contributed by atoms with E-state index in [2.05, 4.69) is 5.32 Å². The van der Waals surface area contributed by atoms with Crippen LogP contribution in [0.4, 0.5) is 5.69 Å². The summed E-state index contributed by atoms with van der Waals surface area (Å²) in [6.45, 7) is 0. The van der Waals surface area contributed by atoms with Crippen molar-refractivity contribution in [1.29, 1.82) is 0 Å². The zero-order valence-electron chi connectivity index (χ0n) is 7.55. The molecule has 0 fully saturated rings. The Labute approximate surface area is 82.3 Å². The Morgan fingerprint density at radius 3 is 2.64 bits per heavy atom. The van der Waals surface area contributed by atoms with Gasteiger partial charge in [0.1, 0.15) is 0 Å². The minimum Gasteiger partial charge on any atom is -0.328 e. The lowest BCUT2D eigenvalue weighted by molar-refractivity contribution is -0.115. The van der Waals surface area contributed by atoms with E-state index >= 15 is 0 Å². The third-order valence-corrected chi connectivity index (χ3v) is 1.90. The average molecular weight is 186 g/mol. The smallest absolute Gasteiger partial charge is 0.249 e. The molecule has 1 aliphatic rings. The summed E-state index contributed by atoms with van der Waals surface area (Å²) in [5.74, 6) is -0.111. The van der Waals surface area contributed by atoms with Gasteiger partial charge in [-0.15, -0.1) is 0 Å². The van der Waals surface area contributed by atoms with Gasteiger partial charge in [0.05, 0.1) is 0 Å². The van der Waals surface area contributed by atoms with Crippen LogP contribution in [-0.4, -0.2) is 5.91 Å². The highest BCUT2D eigenvalue weighted by molar-refractivity contribution is 5.89. The van der Waals surface area contributed by atoms with Crippen LogP contribution < -0.4 is 10.2 Å². The number of hydrogen-bond donors (Lipinski definition) is 1. The van der Waals surface area contributed by atoms with Crippen molar-refractivity contribution >= 4 is 11.6 Å². The molecule has 1 aromatic rings. The summed E-state index contributed by atoms with van der Waals surface area (Å²) in [6, 6.07) is 9.82. The van der Waals surface area contributed by atoms with Gasteiger partial charge in [0, 0.05) is 30.4 Å². The Morgan fingerprint density at radius 1 is 1.07 bits per heavy atom. The monoisotopic (exact) mass is 186 g/mol. The third kappa shape index (κ3) is 1.82. The molecule has 0 saturated carbocycles. The molecule has 1 aliphatic heterocycles. The van der Waals surface area contributed by atoms with Gasteiger partial charge in [-0.1, -0.05) is 18.2 Å². The van der Waals surface area contributed by atoms with Crippen LogP contribution in [0.15, 0.2) is 55.0 Å². The van der Waals surface area contributed by atoms with E-state index in [1.54, 1.807) is 18.6 Å². The van der Waals surface area contributed by atoms with E-state index < -0.39 is 0 Å². The van der Waals surface area contributed by atoms with Crippen molar-refractivity contribution in [3.05, 3.63) is 55.0 Å². The van der Waals surface area contributed by atoms with Gasteiger partial charge in [0.2, 0.25) is 5.91 Å². The molecule has 2 rings (SSSR count). The second-order valence-corrected chi connectivity index (χ2v) is 2.88. The molecule has 1 heterocycles. The van der Waals surface area contributed by atoms with Crippen LogP contribution in [-0.2, 0) is 4.79 Å². The fraction of sp³-hybridized carbons (Fsp3) is 0. The fourth-order valence-corrected chi connectivity index (χ4v) is 1.22. The van der Waals surface area contributed by atoms with Crippen LogP contribution in [0.5, 0.6) is 0 Å². The molecule has 0 radical (unpaired) electrons. The molecule has 0 bridgehead atoms. The van der Waals surface area contributed by atoms with E-state index in [4.69, 9.17) is 0 Å². The predicted octanol–water partition coefficient (Wildman–Crippen LogP) is 1.61. The van der Waals surface area contributed by atoms with E-state index in [0.29, 0.717) is 0 Å². The van der Waals surface area contributed by atoms with Crippen LogP contribution in [0.3, 0.4) is 0 Å². The van der Waals surface area contributed by atoms with Crippen molar-refractivity contribution < 1.29 is 4.79 Å². The van der Waals surface area contributed by atoms with Crippen molar-refractivity contribution in [3.8, 4) is 0 Å². The molecule has 0 saturated heterocycles. The van der Waals surface area contributed by atoms with Crippen molar-refractivity contribution in [1.82, 2.24) is 5.32 Å². The fourth-order valence-electron chi connectivity index (χ4n) is 1.22. The highest BCUT2D eigenvalue weighted by Crippen LogP contribution is 2.14. The van der Waals surface area contributed by atoms with Crippen LogP contribution in [0.1, 0.15) is 0 Å². The highest BCUT2D eigenvalue weighted by Gasteiger charge is 2.02. The predicted molar refractivity (Wildman–Crippen MR) is 55.3 cm³/mol. The number of amides is 1. The van der Waals surface area contributed by atoms with E-state index in [-0.39, 0.29) is 5.91 Å². The number of rotatable bonds is 1. The van der Waals surface area contributed by atoms with Gasteiger partial charge in [0.15, 0.2) is 0 Å². The molecule has 1 N–H and O–H groups in total. The summed E-state index contributed by atoms with van der Waals surface area (Å²) in [5, 5.41) is 2.60. The van der Waals surface area contributed by atoms with Gasteiger partial charge in [-0.3, -0.25) is 4.79 Å². The maximum Gasteiger partial charge on any atom is 0.249 e. The van der Waals surface area contributed by atoms with Gasteiger partial charge in [-0.2, -0.15) is 0 Å². The third-order valence-electron chi connectivity index (χ3n) is 1.90. The van der Waals surface area contributed by atoms with Gasteiger partial charge >= 0.3 is 0 Å². The van der Waals surface area contributed by atoms with E-state index in [0.717, 1.165) is 5.69 Å². The Bertz CT molecular complexity index is 382. The van der Waals surface area contributed by atoms with Gasteiger partial charge in [0.25, 0.3) is 0 Å². The van der Waals surface area contributed by atoms with Crippen LogP contribution in [0.2, 0.25) is 0 Å². The lowest BCUT2D eigenvalue weighted by Crippen LogP contribution is -2.11. The second-order valence-electron chi connectivity index (χ2n) is 2.88. The average Bonchev–Trinajstić information content (AvgIpc) is 2.44. The van der Waals surface area contributed by atoms with Crippen molar-refractivity contribution in [2.75, 3.05) is 4.90 Å². The number of carbonyl (C=O) groups is 1. The summed E-state index contributed by atoms with van der Waals surface area (Å²) in [7, 11) is 0. The van der Waals surface area contributed by atoms with Crippen molar-refractivity contribution in [2.24, 2.45) is 0 Å². The first kappa shape index (κ1) is 8.56. The molecule has 3 heteroatoms. The first-order chi connectivity index (χ1) is 6.86.